The Hall–Kier alpha value is -0.610. The van der Waals surface area contributed by atoms with E-state index in [1.807, 2.05) is 0 Å². The SMILES string of the molecule is CCC(=O)O.NO. The van der Waals surface area contributed by atoms with Crippen molar-refractivity contribution in [2.75, 3.05) is 0 Å². The van der Waals surface area contributed by atoms with E-state index in [0.29, 0.717) is 0 Å². The summed E-state index contributed by atoms with van der Waals surface area (Å²) in [5.41, 5.74) is 0. The lowest BCUT2D eigenvalue weighted by Crippen LogP contribution is -1.86. The molecule has 0 atom stereocenters. The highest BCUT2D eigenvalue weighted by atomic mass is 16.4. The van der Waals surface area contributed by atoms with Crippen LogP contribution < -0.4 is 5.90 Å². The summed E-state index contributed by atoms with van der Waals surface area (Å²) in [6.07, 6.45) is 0.222. The average Bonchev–Trinajstić information content (AvgIpc) is 1.73. The molecular weight excluding hydrogens is 98.0 g/mol. The van der Waals surface area contributed by atoms with Gasteiger partial charge < -0.3 is 10.3 Å². The lowest BCUT2D eigenvalue weighted by atomic mass is 10.5. The van der Waals surface area contributed by atoms with Crippen LogP contribution in [0, 0.1) is 0 Å². The first-order valence-electron chi connectivity index (χ1n) is 1.75. The van der Waals surface area contributed by atoms with Crippen LogP contribution in [-0.4, -0.2) is 16.3 Å². The second-order valence-electron chi connectivity index (χ2n) is 0.747. The van der Waals surface area contributed by atoms with Crippen LogP contribution in [0.15, 0.2) is 0 Å². The molecule has 0 aliphatic rings. The maximum absolute atomic E-state index is 9.37. The van der Waals surface area contributed by atoms with Crippen molar-refractivity contribution in [2.24, 2.45) is 5.90 Å². The first-order valence-corrected chi connectivity index (χ1v) is 1.75. The highest BCUT2D eigenvalue weighted by Gasteiger charge is 1.80. The maximum Gasteiger partial charge on any atom is 0.303 e. The summed E-state index contributed by atoms with van der Waals surface area (Å²) in [6.45, 7) is 1.60. The fourth-order valence-corrected chi connectivity index (χ4v) is 0. The first kappa shape index (κ1) is 9.63. The molecule has 4 heteroatoms. The maximum atomic E-state index is 9.37. The Morgan fingerprint density at radius 1 is 1.71 bits per heavy atom. The van der Waals surface area contributed by atoms with Crippen LogP contribution >= 0.6 is 0 Å². The normalized spacial score (nSPS) is 6.14. The first-order chi connectivity index (χ1) is 3.27. The summed E-state index contributed by atoms with van der Waals surface area (Å²) < 4.78 is 0. The molecule has 0 aromatic heterocycles. The summed E-state index contributed by atoms with van der Waals surface area (Å²) in [5, 5.41) is 14.2. The molecule has 0 aliphatic carbocycles. The van der Waals surface area contributed by atoms with Gasteiger partial charge in [0.1, 0.15) is 0 Å². The molecule has 0 saturated heterocycles. The minimum absolute atomic E-state index is 0.222. The van der Waals surface area contributed by atoms with E-state index in [-0.39, 0.29) is 6.42 Å². The number of carboxylic acids is 1. The molecule has 0 saturated carbocycles. The number of nitrogens with two attached hydrogens (primary N) is 1. The Balaban J connectivity index is 0. The molecule has 0 rings (SSSR count). The third-order valence-electron chi connectivity index (χ3n) is 0.302. The number of aliphatic carboxylic acids is 1. The van der Waals surface area contributed by atoms with Gasteiger partial charge >= 0.3 is 5.97 Å². The van der Waals surface area contributed by atoms with Crippen molar-refractivity contribution in [3.05, 3.63) is 0 Å². The summed E-state index contributed by atoms with van der Waals surface area (Å²) in [5.74, 6) is 2.75. The van der Waals surface area contributed by atoms with Gasteiger partial charge in [-0.2, -0.15) is 0 Å². The zero-order chi connectivity index (χ0) is 6.28. The fraction of sp³-hybridized carbons (Fsp3) is 0.667. The number of carbonyl (C=O) groups is 1. The van der Waals surface area contributed by atoms with Gasteiger partial charge in [-0.1, -0.05) is 6.92 Å². The van der Waals surface area contributed by atoms with Crippen LogP contribution in [0.5, 0.6) is 0 Å². The zero-order valence-electron chi connectivity index (χ0n) is 4.09. The molecule has 0 spiro atoms. The van der Waals surface area contributed by atoms with E-state index in [1.54, 1.807) is 6.92 Å². The Morgan fingerprint density at radius 2 is 1.86 bits per heavy atom. The molecule has 4 nitrogen and oxygen atoms in total. The third-order valence-corrected chi connectivity index (χ3v) is 0.302. The minimum Gasteiger partial charge on any atom is -0.481 e. The lowest BCUT2D eigenvalue weighted by Gasteiger charge is -1.71. The topological polar surface area (TPSA) is 83.5 Å². The Morgan fingerprint density at radius 3 is 1.86 bits per heavy atom. The van der Waals surface area contributed by atoms with E-state index in [2.05, 4.69) is 5.90 Å². The Kier molecular flexibility index (Phi) is 12.4. The second-order valence-corrected chi connectivity index (χ2v) is 0.747. The molecule has 0 aromatic carbocycles. The van der Waals surface area contributed by atoms with E-state index in [0.717, 1.165) is 0 Å². The van der Waals surface area contributed by atoms with Crippen molar-refractivity contribution in [1.82, 2.24) is 0 Å². The molecule has 0 unspecified atom stereocenters. The number of rotatable bonds is 1. The van der Waals surface area contributed by atoms with Crippen LogP contribution in [-0.2, 0) is 4.79 Å². The van der Waals surface area contributed by atoms with Crippen LogP contribution in [0.25, 0.3) is 0 Å². The predicted octanol–water partition coefficient (Wildman–Crippen LogP) is -0.185. The van der Waals surface area contributed by atoms with E-state index >= 15 is 0 Å². The molecule has 0 radical (unpaired) electrons. The summed E-state index contributed by atoms with van der Waals surface area (Å²) in [4.78, 5) is 9.37. The Labute approximate surface area is 41.5 Å². The molecular formula is C3H9NO3. The summed E-state index contributed by atoms with van der Waals surface area (Å²) in [7, 11) is 0. The van der Waals surface area contributed by atoms with Gasteiger partial charge in [0.2, 0.25) is 0 Å². The van der Waals surface area contributed by atoms with Crippen LogP contribution in [0.3, 0.4) is 0 Å². The van der Waals surface area contributed by atoms with Crippen molar-refractivity contribution >= 4 is 5.97 Å². The van der Waals surface area contributed by atoms with Gasteiger partial charge in [0.15, 0.2) is 0 Å². The van der Waals surface area contributed by atoms with Crippen molar-refractivity contribution in [3.63, 3.8) is 0 Å². The molecule has 0 amide bonds. The van der Waals surface area contributed by atoms with Crippen LogP contribution in [0.2, 0.25) is 0 Å². The molecule has 0 heterocycles. The van der Waals surface area contributed by atoms with Gasteiger partial charge in [0, 0.05) is 6.42 Å². The standard InChI is InChI=1S/C3H6O2.H3NO/c1-2-3(4)5;1-2/h2H2,1H3,(H,4,5);2H,1H2. The smallest absolute Gasteiger partial charge is 0.303 e. The average molecular weight is 107 g/mol. The van der Waals surface area contributed by atoms with Gasteiger partial charge in [0.25, 0.3) is 0 Å². The molecule has 0 bridgehead atoms. The van der Waals surface area contributed by atoms with Crippen molar-refractivity contribution < 1.29 is 15.1 Å². The van der Waals surface area contributed by atoms with Crippen molar-refractivity contribution in [2.45, 2.75) is 13.3 Å². The monoisotopic (exact) mass is 107 g/mol. The van der Waals surface area contributed by atoms with E-state index in [1.165, 1.54) is 0 Å². The third kappa shape index (κ3) is 32.1. The van der Waals surface area contributed by atoms with Crippen molar-refractivity contribution in [1.29, 1.82) is 0 Å². The highest BCUT2D eigenvalue weighted by molar-refractivity contribution is 5.66. The molecule has 0 aliphatic heterocycles. The lowest BCUT2D eigenvalue weighted by molar-refractivity contribution is -0.136. The number of hydrogen-bond acceptors (Lipinski definition) is 3. The van der Waals surface area contributed by atoms with Crippen LogP contribution in [0.1, 0.15) is 13.3 Å². The minimum atomic E-state index is -0.745. The number of carboxylic acid groups (broad SMARTS) is 1. The molecule has 44 valence electrons. The van der Waals surface area contributed by atoms with E-state index < -0.39 is 5.97 Å². The van der Waals surface area contributed by atoms with E-state index in [9.17, 15) is 4.79 Å². The van der Waals surface area contributed by atoms with Gasteiger partial charge in [-0.3, -0.25) is 4.79 Å². The van der Waals surface area contributed by atoms with Crippen molar-refractivity contribution in [3.8, 4) is 0 Å². The van der Waals surface area contributed by atoms with Gasteiger partial charge in [0.05, 0.1) is 0 Å². The summed E-state index contributed by atoms with van der Waals surface area (Å²) >= 11 is 0. The summed E-state index contributed by atoms with van der Waals surface area (Å²) in [6, 6.07) is 0. The quantitative estimate of drug-likeness (QED) is 0.406. The molecule has 0 fully saturated rings. The van der Waals surface area contributed by atoms with Crippen LogP contribution in [0.4, 0.5) is 0 Å². The highest BCUT2D eigenvalue weighted by Crippen LogP contribution is 1.67. The Bertz CT molecular complexity index is 45.4. The zero-order valence-corrected chi connectivity index (χ0v) is 4.09. The van der Waals surface area contributed by atoms with Gasteiger partial charge in [-0.15, -0.1) is 0 Å². The largest absolute Gasteiger partial charge is 0.481 e. The second kappa shape index (κ2) is 9.04. The molecule has 4 N–H and O–H groups in total. The van der Waals surface area contributed by atoms with Gasteiger partial charge in [-0.25, -0.2) is 5.90 Å². The fourth-order valence-electron chi connectivity index (χ4n) is 0. The molecule has 0 aromatic rings. The molecule has 7 heavy (non-hydrogen) atoms. The predicted molar refractivity (Wildman–Crippen MR) is 23.9 cm³/mol. The number of hydrogen-bond donors (Lipinski definition) is 3. The van der Waals surface area contributed by atoms with E-state index in [4.69, 9.17) is 10.3 Å². The van der Waals surface area contributed by atoms with Gasteiger partial charge in [-0.05, 0) is 0 Å².